The van der Waals surface area contributed by atoms with Gasteiger partial charge < -0.3 is 5.32 Å². The Morgan fingerprint density at radius 1 is 1.38 bits per heavy atom. The molecule has 0 radical (unpaired) electrons. The number of benzene rings is 1. The van der Waals surface area contributed by atoms with Crippen LogP contribution in [0.5, 0.6) is 0 Å². The molecular weight excluding hydrogens is 359 g/mol. The van der Waals surface area contributed by atoms with Gasteiger partial charge in [-0.15, -0.1) is 0 Å². The molecule has 118 valence electrons. The third-order valence-electron chi connectivity index (χ3n) is 3.89. The summed E-state index contributed by atoms with van der Waals surface area (Å²) in [5.74, 6) is -0.166. The summed E-state index contributed by atoms with van der Waals surface area (Å²) in [6.07, 6.45) is 2.72. The van der Waals surface area contributed by atoms with Gasteiger partial charge in [0.1, 0.15) is 10.7 Å². The quantitative estimate of drug-likeness (QED) is 0.856. The van der Waals surface area contributed by atoms with Crippen LogP contribution in [0.3, 0.4) is 0 Å². The molecule has 1 N–H and O–H groups in total. The molecule has 0 amide bonds. The van der Waals surface area contributed by atoms with Gasteiger partial charge in [0.15, 0.2) is 0 Å². The summed E-state index contributed by atoms with van der Waals surface area (Å²) >= 11 is 3.14. The van der Waals surface area contributed by atoms with E-state index < -0.39 is 15.8 Å². The Labute approximate surface area is 133 Å². The Morgan fingerprint density at radius 2 is 2.05 bits per heavy atom. The van der Waals surface area contributed by atoms with Crippen molar-refractivity contribution in [2.45, 2.75) is 24.2 Å². The number of nitrogens with one attached hydrogen (secondary N) is 1. The summed E-state index contributed by atoms with van der Waals surface area (Å²) in [5.41, 5.74) is 0. The zero-order chi connectivity index (χ0) is 15.5. The Hall–Kier alpha value is -0.500. The highest BCUT2D eigenvalue weighted by molar-refractivity contribution is 9.10. The lowest BCUT2D eigenvalue weighted by molar-refractivity contribution is 0.262. The molecule has 0 atom stereocenters. The maximum atomic E-state index is 13.9. The van der Waals surface area contributed by atoms with Crippen LogP contribution in [0.25, 0.3) is 0 Å². The minimum Gasteiger partial charge on any atom is -0.320 e. The first-order chi connectivity index (χ1) is 9.95. The molecular formula is C14H20BrFN2O2S. The number of halogens is 2. The first kappa shape index (κ1) is 16.9. The van der Waals surface area contributed by atoms with Crippen LogP contribution >= 0.6 is 15.9 Å². The van der Waals surface area contributed by atoms with Crippen LogP contribution in [0.15, 0.2) is 27.6 Å². The van der Waals surface area contributed by atoms with E-state index in [1.165, 1.54) is 16.4 Å². The van der Waals surface area contributed by atoms with Crippen molar-refractivity contribution >= 4 is 26.0 Å². The molecule has 7 heteroatoms. The average molecular weight is 379 g/mol. The van der Waals surface area contributed by atoms with Crippen LogP contribution < -0.4 is 5.32 Å². The Bertz CT molecular complexity index is 587. The van der Waals surface area contributed by atoms with Gasteiger partial charge in [-0.05, 0) is 57.0 Å². The van der Waals surface area contributed by atoms with E-state index in [0.29, 0.717) is 23.5 Å². The normalized spacial score (nSPS) is 18.0. The molecule has 1 aliphatic heterocycles. The Balaban J connectivity index is 2.08. The van der Waals surface area contributed by atoms with E-state index in [4.69, 9.17) is 0 Å². The van der Waals surface area contributed by atoms with Gasteiger partial charge in [-0.25, -0.2) is 12.8 Å². The zero-order valence-electron chi connectivity index (χ0n) is 12.0. The van der Waals surface area contributed by atoms with Gasteiger partial charge in [0.25, 0.3) is 0 Å². The Morgan fingerprint density at radius 3 is 2.62 bits per heavy atom. The van der Waals surface area contributed by atoms with Crippen molar-refractivity contribution in [3.8, 4) is 0 Å². The molecule has 0 bridgehead atoms. The van der Waals surface area contributed by atoms with Gasteiger partial charge in [-0.1, -0.05) is 15.9 Å². The van der Waals surface area contributed by atoms with E-state index >= 15 is 0 Å². The van der Waals surface area contributed by atoms with Crippen molar-refractivity contribution in [1.29, 1.82) is 0 Å². The lowest BCUT2D eigenvalue weighted by atomic mass is 9.95. The SMILES string of the molecule is CNCCC1CCN(S(=O)(=O)c2ccc(Br)cc2F)CC1. The topological polar surface area (TPSA) is 49.4 Å². The van der Waals surface area contributed by atoms with Crippen molar-refractivity contribution in [2.75, 3.05) is 26.7 Å². The van der Waals surface area contributed by atoms with Gasteiger partial charge in [0.2, 0.25) is 10.0 Å². The van der Waals surface area contributed by atoms with Crippen molar-refractivity contribution in [1.82, 2.24) is 9.62 Å². The highest BCUT2D eigenvalue weighted by Crippen LogP contribution is 2.27. The van der Waals surface area contributed by atoms with E-state index in [0.717, 1.165) is 25.8 Å². The molecule has 1 fully saturated rings. The minimum atomic E-state index is -3.73. The van der Waals surface area contributed by atoms with Crippen molar-refractivity contribution < 1.29 is 12.8 Å². The Kier molecular flexibility index (Phi) is 5.76. The monoisotopic (exact) mass is 378 g/mol. The fourth-order valence-corrected chi connectivity index (χ4v) is 4.46. The number of piperidine rings is 1. The summed E-state index contributed by atoms with van der Waals surface area (Å²) in [4.78, 5) is -0.237. The van der Waals surface area contributed by atoms with E-state index in [1.54, 1.807) is 6.07 Å². The van der Waals surface area contributed by atoms with Crippen LogP contribution in [0.1, 0.15) is 19.3 Å². The molecule has 1 aromatic rings. The minimum absolute atomic E-state index is 0.237. The predicted molar refractivity (Wildman–Crippen MR) is 84.1 cm³/mol. The maximum Gasteiger partial charge on any atom is 0.245 e. The highest BCUT2D eigenvalue weighted by atomic mass is 79.9. The van der Waals surface area contributed by atoms with Crippen LogP contribution in [0, 0.1) is 11.7 Å². The molecule has 1 saturated heterocycles. The van der Waals surface area contributed by atoms with Gasteiger partial charge >= 0.3 is 0 Å². The zero-order valence-corrected chi connectivity index (χ0v) is 14.4. The average Bonchev–Trinajstić information content (AvgIpc) is 2.45. The van der Waals surface area contributed by atoms with E-state index in [1.807, 2.05) is 7.05 Å². The molecule has 0 unspecified atom stereocenters. The second-order valence-corrected chi connectivity index (χ2v) is 8.14. The molecule has 0 aromatic heterocycles. The summed E-state index contributed by atoms with van der Waals surface area (Å²) in [7, 11) is -1.82. The first-order valence-electron chi connectivity index (χ1n) is 7.05. The molecule has 1 aromatic carbocycles. The molecule has 21 heavy (non-hydrogen) atoms. The molecule has 4 nitrogen and oxygen atoms in total. The molecule has 1 aliphatic rings. The van der Waals surface area contributed by atoms with Gasteiger partial charge in [0.05, 0.1) is 0 Å². The third kappa shape index (κ3) is 4.03. The third-order valence-corrected chi connectivity index (χ3v) is 6.31. The van der Waals surface area contributed by atoms with Crippen molar-refractivity contribution in [3.63, 3.8) is 0 Å². The summed E-state index contributed by atoms with van der Waals surface area (Å²) in [5, 5.41) is 3.11. The fourth-order valence-electron chi connectivity index (χ4n) is 2.61. The predicted octanol–water partition coefficient (Wildman–Crippen LogP) is 2.60. The molecule has 2 rings (SSSR count). The van der Waals surface area contributed by atoms with Crippen LogP contribution in [0.4, 0.5) is 4.39 Å². The number of hydrogen-bond donors (Lipinski definition) is 1. The molecule has 1 heterocycles. The van der Waals surface area contributed by atoms with E-state index in [-0.39, 0.29) is 4.90 Å². The van der Waals surface area contributed by atoms with E-state index in [9.17, 15) is 12.8 Å². The first-order valence-corrected chi connectivity index (χ1v) is 9.28. The van der Waals surface area contributed by atoms with Crippen molar-refractivity contribution in [3.05, 3.63) is 28.5 Å². The van der Waals surface area contributed by atoms with Crippen molar-refractivity contribution in [2.24, 2.45) is 5.92 Å². The standard InChI is InChI=1S/C14H20BrFN2O2S/c1-17-7-4-11-5-8-18(9-6-11)21(19,20)14-3-2-12(15)10-13(14)16/h2-3,10-11,17H,4-9H2,1H3. The van der Waals surface area contributed by atoms with E-state index in [2.05, 4.69) is 21.2 Å². The number of hydrogen-bond acceptors (Lipinski definition) is 3. The fraction of sp³-hybridized carbons (Fsp3) is 0.571. The molecule has 0 aliphatic carbocycles. The number of sulfonamides is 1. The highest BCUT2D eigenvalue weighted by Gasteiger charge is 2.31. The summed E-state index contributed by atoms with van der Waals surface area (Å²) in [6, 6.07) is 4.06. The molecule has 0 saturated carbocycles. The maximum absolute atomic E-state index is 13.9. The smallest absolute Gasteiger partial charge is 0.245 e. The second-order valence-electron chi connectivity index (χ2n) is 5.31. The van der Waals surface area contributed by atoms with Crippen LogP contribution in [0.2, 0.25) is 0 Å². The van der Waals surface area contributed by atoms with Crippen LogP contribution in [-0.4, -0.2) is 39.4 Å². The van der Waals surface area contributed by atoms with Gasteiger partial charge in [-0.3, -0.25) is 0 Å². The van der Waals surface area contributed by atoms with Gasteiger partial charge in [0, 0.05) is 17.6 Å². The molecule has 0 spiro atoms. The number of rotatable bonds is 5. The number of nitrogens with zero attached hydrogens (tertiary/aromatic N) is 1. The lowest BCUT2D eigenvalue weighted by Crippen LogP contribution is -2.39. The van der Waals surface area contributed by atoms with Gasteiger partial charge in [-0.2, -0.15) is 4.31 Å². The lowest BCUT2D eigenvalue weighted by Gasteiger charge is -2.31. The second kappa shape index (κ2) is 7.17. The summed E-state index contributed by atoms with van der Waals surface area (Å²) < 4.78 is 40.8. The summed E-state index contributed by atoms with van der Waals surface area (Å²) in [6.45, 7) is 1.87. The van der Waals surface area contributed by atoms with Crippen LogP contribution in [-0.2, 0) is 10.0 Å². The largest absolute Gasteiger partial charge is 0.320 e.